The van der Waals surface area contributed by atoms with Gasteiger partial charge < -0.3 is 20.9 Å². The maximum Gasteiger partial charge on any atom is 0.152 e. The molecule has 4 N–H and O–H groups in total. The van der Waals surface area contributed by atoms with Crippen LogP contribution >= 0.6 is 0 Å². The minimum Gasteiger partial charge on any atom is -0.495 e. The molecule has 0 fully saturated rings. The summed E-state index contributed by atoms with van der Waals surface area (Å²) in [4.78, 5) is 8.26. The number of hydrogen-bond donors (Lipinski definition) is 3. The minimum absolute atomic E-state index is 0.0606. The zero-order valence-electron chi connectivity index (χ0n) is 14.0. The van der Waals surface area contributed by atoms with Crippen molar-refractivity contribution >= 4 is 28.1 Å². The standard InChI is InChI=1S/C16H14F2N4O.CH4O/c1-8-10(17)3-4-12(15(8)18)22-16-9-5-11(19)14(23-2)6-13(9)20-7-21-16;1-2/h3-7H,19H2,1-2H3,(H,20,21,22);2H,1H3. The molecule has 0 spiro atoms. The fourth-order valence-electron chi connectivity index (χ4n) is 2.26. The first kappa shape index (κ1) is 18.3. The lowest BCUT2D eigenvalue weighted by molar-refractivity contribution is 0.399. The molecule has 0 aliphatic carbocycles. The van der Waals surface area contributed by atoms with Gasteiger partial charge in [0, 0.05) is 24.1 Å². The van der Waals surface area contributed by atoms with Crippen molar-refractivity contribution in [3.8, 4) is 5.75 Å². The normalized spacial score (nSPS) is 10.2. The van der Waals surface area contributed by atoms with Crippen LogP contribution in [0.15, 0.2) is 30.6 Å². The molecule has 0 aliphatic heterocycles. The first-order valence-corrected chi connectivity index (χ1v) is 7.26. The van der Waals surface area contributed by atoms with Gasteiger partial charge in [-0.2, -0.15) is 0 Å². The molecular weight excluding hydrogens is 330 g/mol. The van der Waals surface area contributed by atoms with Gasteiger partial charge >= 0.3 is 0 Å². The Kier molecular flexibility index (Phi) is 5.66. The zero-order chi connectivity index (χ0) is 18.6. The van der Waals surface area contributed by atoms with Crippen LogP contribution in [0.1, 0.15) is 5.56 Å². The lowest BCUT2D eigenvalue weighted by atomic mass is 10.1. The lowest BCUT2D eigenvalue weighted by Crippen LogP contribution is -2.01. The molecule has 1 heterocycles. The number of aromatic nitrogens is 2. The molecule has 0 bridgehead atoms. The second kappa shape index (κ2) is 7.71. The number of aliphatic hydroxyl groups excluding tert-OH is 1. The fourth-order valence-corrected chi connectivity index (χ4v) is 2.26. The molecule has 1 aromatic heterocycles. The van der Waals surface area contributed by atoms with Crippen LogP contribution in [-0.4, -0.2) is 29.3 Å². The van der Waals surface area contributed by atoms with Gasteiger partial charge in [-0.3, -0.25) is 0 Å². The third-order valence-corrected chi connectivity index (χ3v) is 3.56. The first-order chi connectivity index (χ1) is 12.0. The largest absolute Gasteiger partial charge is 0.495 e. The summed E-state index contributed by atoms with van der Waals surface area (Å²) in [5.41, 5.74) is 6.97. The first-order valence-electron chi connectivity index (χ1n) is 7.26. The van der Waals surface area contributed by atoms with Gasteiger partial charge in [-0.05, 0) is 25.1 Å². The number of fused-ring (bicyclic) bond motifs is 1. The predicted molar refractivity (Wildman–Crippen MR) is 93.0 cm³/mol. The van der Waals surface area contributed by atoms with E-state index in [1.165, 1.54) is 32.5 Å². The number of benzene rings is 2. The van der Waals surface area contributed by atoms with E-state index in [1.807, 2.05) is 0 Å². The second-order valence-electron chi connectivity index (χ2n) is 4.99. The van der Waals surface area contributed by atoms with Crippen LogP contribution in [0.25, 0.3) is 10.9 Å². The van der Waals surface area contributed by atoms with Gasteiger partial charge in [0.1, 0.15) is 23.7 Å². The summed E-state index contributed by atoms with van der Waals surface area (Å²) >= 11 is 0. The molecule has 0 saturated carbocycles. The Morgan fingerprint density at radius 2 is 1.88 bits per heavy atom. The fraction of sp³-hybridized carbons (Fsp3) is 0.176. The molecule has 0 aliphatic rings. The van der Waals surface area contributed by atoms with Crippen molar-refractivity contribution in [3.63, 3.8) is 0 Å². The Morgan fingerprint density at radius 3 is 2.56 bits per heavy atom. The third-order valence-electron chi connectivity index (χ3n) is 3.56. The van der Waals surface area contributed by atoms with Gasteiger partial charge in [0.15, 0.2) is 5.82 Å². The Hall–Kier alpha value is -3.00. The van der Waals surface area contributed by atoms with Crippen LogP contribution in [0.2, 0.25) is 0 Å². The number of anilines is 3. The Labute approximate surface area is 143 Å². The average molecular weight is 348 g/mol. The summed E-state index contributed by atoms with van der Waals surface area (Å²) in [5, 5.41) is 10.5. The van der Waals surface area contributed by atoms with Gasteiger partial charge in [-0.1, -0.05) is 0 Å². The molecular formula is C17H18F2N4O2. The second-order valence-corrected chi connectivity index (χ2v) is 4.99. The van der Waals surface area contributed by atoms with Crippen molar-refractivity contribution < 1.29 is 18.6 Å². The van der Waals surface area contributed by atoms with Crippen molar-refractivity contribution in [2.75, 3.05) is 25.3 Å². The van der Waals surface area contributed by atoms with Crippen molar-refractivity contribution in [2.24, 2.45) is 0 Å². The van der Waals surface area contributed by atoms with E-state index in [-0.39, 0.29) is 11.3 Å². The van der Waals surface area contributed by atoms with Crippen LogP contribution < -0.4 is 15.8 Å². The minimum atomic E-state index is -0.668. The maximum atomic E-state index is 14.2. The number of ether oxygens (including phenoxy) is 1. The highest BCUT2D eigenvalue weighted by atomic mass is 19.1. The molecule has 0 amide bonds. The lowest BCUT2D eigenvalue weighted by Gasteiger charge is -2.12. The number of halogens is 2. The monoisotopic (exact) mass is 348 g/mol. The van der Waals surface area contributed by atoms with Gasteiger partial charge in [-0.25, -0.2) is 18.7 Å². The molecule has 6 nitrogen and oxygen atoms in total. The summed E-state index contributed by atoms with van der Waals surface area (Å²) in [6.45, 7) is 1.37. The third kappa shape index (κ3) is 3.58. The molecule has 3 rings (SSSR count). The number of nitrogens with zero attached hydrogens (tertiary/aromatic N) is 2. The molecule has 3 aromatic rings. The highest BCUT2D eigenvalue weighted by molar-refractivity contribution is 5.94. The Bertz CT molecular complexity index is 903. The molecule has 25 heavy (non-hydrogen) atoms. The van der Waals surface area contributed by atoms with E-state index in [9.17, 15) is 8.78 Å². The van der Waals surface area contributed by atoms with Crippen molar-refractivity contribution in [2.45, 2.75) is 6.92 Å². The van der Waals surface area contributed by atoms with E-state index < -0.39 is 11.6 Å². The Balaban J connectivity index is 0.00000109. The molecule has 132 valence electrons. The molecule has 2 aromatic carbocycles. The molecule has 0 unspecified atom stereocenters. The summed E-state index contributed by atoms with van der Waals surface area (Å²) < 4.78 is 32.7. The van der Waals surface area contributed by atoms with E-state index >= 15 is 0 Å². The van der Waals surface area contributed by atoms with E-state index in [4.69, 9.17) is 15.6 Å². The van der Waals surface area contributed by atoms with Gasteiger partial charge in [0.05, 0.1) is 24.0 Å². The Morgan fingerprint density at radius 1 is 1.16 bits per heavy atom. The number of hydrogen-bond acceptors (Lipinski definition) is 6. The number of rotatable bonds is 3. The summed E-state index contributed by atoms with van der Waals surface area (Å²) in [5.74, 6) is -0.409. The highest BCUT2D eigenvalue weighted by Gasteiger charge is 2.13. The molecule has 0 saturated heterocycles. The van der Waals surface area contributed by atoms with E-state index in [0.29, 0.717) is 28.2 Å². The maximum absolute atomic E-state index is 14.2. The zero-order valence-corrected chi connectivity index (χ0v) is 14.0. The van der Waals surface area contributed by atoms with Crippen molar-refractivity contribution in [3.05, 3.63) is 47.8 Å². The number of nitrogen functional groups attached to an aromatic ring is 1. The smallest absolute Gasteiger partial charge is 0.152 e. The predicted octanol–water partition coefficient (Wildman–Crippen LogP) is 3.16. The van der Waals surface area contributed by atoms with Gasteiger partial charge in [0.25, 0.3) is 0 Å². The van der Waals surface area contributed by atoms with E-state index in [2.05, 4.69) is 15.3 Å². The number of aliphatic hydroxyl groups is 1. The van der Waals surface area contributed by atoms with Crippen LogP contribution in [0.4, 0.5) is 26.0 Å². The molecule has 0 radical (unpaired) electrons. The summed E-state index contributed by atoms with van der Waals surface area (Å²) in [6, 6.07) is 5.83. The van der Waals surface area contributed by atoms with Crippen LogP contribution in [0.5, 0.6) is 5.75 Å². The topological polar surface area (TPSA) is 93.3 Å². The number of nitrogens with one attached hydrogen (secondary N) is 1. The van der Waals surface area contributed by atoms with E-state index in [0.717, 1.165) is 7.11 Å². The van der Waals surface area contributed by atoms with Crippen LogP contribution in [0, 0.1) is 18.6 Å². The SMILES string of the molecule is CO.COc1cc2ncnc(Nc3ccc(F)c(C)c3F)c2cc1N. The quantitative estimate of drug-likeness (QED) is 0.630. The number of methoxy groups -OCH3 is 1. The van der Waals surface area contributed by atoms with Crippen LogP contribution in [0.3, 0.4) is 0 Å². The average Bonchev–Trinajstić information content (AvgIpc) is 2.63. The highest BCUT2D eigenvalue weighted by Crippen LogP contribution is 2.32. The van der Waals surface area contributed by atoms with E-state index in [1.54, 1.807) is 12.1 Å². The van der Waals surface area contributed by atoms with Crippen molar-refractivity contribution in [1.29, 1.82) is 0 Å². The summed E-state index contributed by atoms with van der Waals surface area (Å²) in [7, 11) is 2.51. The van der Waals surface area contributed by atoms with Gasteiger partial charge in [-0.15, -0.1) is 0 Å². The molecule has 8 heteroatoms. The van der Waals surface area contributed by atoms with Crippen LogP contribution in [-0.2, 0) is 0 Å². The van der Waals surface area contributed by atoms with Gasteiger partial charge in [0.2, 0.25) is 0 Å². The molecule has 0 atom stereocenters. The number of nitrogens with two attached hydrogens (primary N) is 1. The summed E-state index contributed by atoms with van der Waals surface area (Å²) in [6.07, 6.45) is 1.34. The van der Waals surface area contributed by atoms with Crippen molar-refractivity contribution in [1.82, 2.24) is 9.97 Å².